The van der Waals surface area contributed by atoms with Crippen LogP contribution >= 0.6 is 7.75 Å². The maximum Gasteiger partial charge on any atom is 0.326 e. The Hall–Kier alpha value is -0.950. The fraction of sp³-hybridized carbons (Fsp3) is 0.750. The van der Waals surface area contributed by atoms with Crippen molar-refractivity contribution in [1.82, 2.24) is 9.99 Å². The van der Waals surface area contributed by atoms with Crippen LogP contribution < -0.4 is 14.9 Å². The summed E-state index contributed by atoms with van der Waals surface area (Å²) in [5.41, 5.74) is 0. The summed E-state index contributed by atoms with van der Waals surface area (Å²) in [5.74, 6) is -1.82. The van der Waals surface area contributed by atoms with Gasteiger partial charge in [-0.2, -0.15) is 0 Å². The summed E-state index contributed by atoms with van der Waals surface area (Å²) in [5, 5.41) is 10.5. The Kier molecular flexibility index (Phi) is 4.26. The number of nitrogens with one attached hydrogen (secondary N) is 1. The molecule has 2 N–H and O–H groups in total. The number of amides is 1. The van der Waals surface area contributed by atoms with Crippen LogP contribution in [0.5, 0.6) is 0 Å². The van der Waals surface area contributed by atoms with Crippen LogP contribution in [0.4, 0.5) is 0 Å². The van der Waals surface area contributed by atoms with Gasteiger partial charge in [0, 0.05) is 6.54 Å². The summed E-state index contributed by atoms with van der Waals surface area (Å²) in [6.45, 7) is 1.46. The second kappa shape index (κ2) is 5.14. The first-order valence-corrected chi connectivity index (χ1v) is 6.60. The second-order valence-electron chi connectivity index (χ2n) is 3.88. The van der Waals surface area contributed by atoms with E-state index in [1.54, 1.807) is 5.09 Å². The van der Waals surface area contributed by atoms with Crippen LogP contribution in [-0.2, 0) is 14.2 Å². The van der Waals surface area contributed by atoms with Crippen LogP contribution in [0, 0.1) is 0 Å². The Bertz CT molecular complexity index is 367. The first kappa shape index (κ1) is 14.1. The molecule has 8 nitrogen and oxygen atoms in total. The number of carbonyl (C=O) groups is 2. The highest BCUT2D eigenvalue weighted by molar-refractivity contribution is 7.46. The van der Waals surface area contributed by atoms with E-state index in [0.717, 1.165) is 4.90 Å². The molecule has 1 aliphatic heterocycles. The zero-order valence-electron chi connectivity index (χ0n) is 9.16. The SMILES string of the molecule is C[C@H](NP(=O)([O-])[O-])C(=O)N1CCC[C@H]1C(=O)O. The van der Waals surface area contributed by atoms with Crippen LogP contribution in [0.2, 0.25) is 0 Å². The Morgan fingerprint density at radius 3 is 2.59 bits per heavy atom. The molecule has 0 spiro atoms. The number of hydrogen-bond donors (Lipinski definition) is 2. The van der Waals surface area contributed by atoms with Gasteiger partial charge in [-0.25, -0.2) is 4.79 Å². The number of carboxylic acid groups (broad SMARTS) is 1. The van der Waals surface area contributed by atoms with Crippen molar-refractivity contribution in [2.75, 3.05) is 6.54 Å². The second-order valence-corrected chi connectivity index (χ2v) is 5.13. The largest absolute Gasteiger partial charge is 0.799 e. The number of likely N-dealkylation sites (tertiary alicyclic amines) is 1. The molecule has 0 aromatic heterocycles. The summed E-state index contributed by atoms with van der Waals surface area (Å²) in [7, 11) is -5.00. The lowest BCUT2D eigenvalue weighted by Crippen LogP contribution is -2.50. The molecule has 0 unspecified atom stereocenters. The van der Waals surface area contributed by atoms with Crippen LogP contribution in [0.1, 0.15) is 19.8 Å². The molecule has 2 atom stereocenters. The Morgan fingerprint density at radius 1 is 1.53 bits per heavy atom. The van der Waals surface area contributed by atoms with Gasteiger partial charge in [0.25, 0.3) is 0 Å². The van der Waals surface area contributed by atoms with Crippen molar-refractivity contribution >= 4 is 19.6 Å². The van der Waals surface area contributed by atoms with Crippen molar-refractivity contribution in [2.45, 2.75) is 31.8 Å². The van der Waals surface area contributed by atoms with E-state index in [1.807, 2.05) is 0 Å². The molecule has 1 aliphatic rings. The number of rotatable bonds is 4. The molecule has 0 aromatic rings. The molecule has 0 aliphatic carbocycles. The molecule has 1 amide bonds. The van der Waals surface area contributed by atoms with Gasteiger partial charge in [-0.05, 0) is 27.5 Å². The monoisotopic (exact) mass is 264 g/mol. The smallest absolute Gasteiger partial charge is 0.326 e. The average molecular weight is 264 g/mol. The maximum absolute atomic E-state index is 11.7. The number of carbonyl (C=O) groups excluding carboxylic acids is 1. The zero-order chi connectivity index (χ0) is 13.2. The van der Waals surface area contributed by atoms with E-state index < -0.39 is 31.7 Å². The minimum Gasteiger partial charge on any atom is -0.799 e. The lowest BCUT2D eigenvalue weighted by Gasteiger charge is -2.35. The Balaban J connectivity index is 2.69. The van der Waals surface area contributed by atoms with Crippen molar-refractivity contribution in [1.29, 1.82) is 0 Å². The predicted octanol–water partition coefficient (Wildman–Crippen LogP) is -2.13. The van der Waals surface area contributed by atoms with Gasteiger partial charge in [-0.3, -0.25) is 9.88 Å². The van der Waals surface area contributed by atoms with E-state index in [0.29, 0.717) is 12.8 Å². The molecule has 0 radical (unpaired) electrons. The first-order chi connectivity index (χ1) is 7.72. The third-order valence-corrected chi connectivity index (χ3v) is 3.25. The topological polar surface area (TPSA) is 133 Å². The van der Waals surface area contributed by atoms with Gasteiger partial charge < -0.3 is 24.4 Å². The van der Waals surface area contributed by atoms with Crippen LogP contribution in [0.3, 0.4) is 0 Å². The third-order valence-electron chi connectivity index (χ3n) is 2.54. The Morgan fingerprint density at radius 2 is 2.12 bits per heavy atom. The van der Waals surface area contributed by atoms with Crippen LogP contribution in [0.25, 0.3) is 0 Å². The third kappa shape index (κ3) is 3.78. The minimum atomic E-state index is -5.00. The molecule has 0 aromatic carbocycles. The predicted molar refractivity (Wildman–Crippen MR) is 52.6 cm³/mol. The summed E-state index contributed by atoms with van der Waals surface area (Å²) in [6.07, 6.45) is 0.877. The molecule has 98 valence electrons. The zero-order valence-corrected chi connectivity index (χ0v) is 10.1. The molecule has 17 heavy (non-hydrogen) atoms. The van der Waals surface area contributed by atoms with E-state index in [4.69, 9.17) is 5.11 Å². The van der Waals surface area contributed by atoms with Crippen molar-refractivity contribution in [2.24, 2.45) is 0 Å². The summed E-state index contributed by atoms with van der Waals surface area (Å²) < 4.78 is 10.5. The summed E-state index contributed by atoms with van der Waals surface area (Å²) in [4.78, 5) is 44.6. The highest BCUT2D eigenvalue weighted by Crippen LogP contribution is 2.22. The van der Waals surface area contributed by atoms with Gasteiger partial charge in [-0.15, -0.1) is 0 Å². The fourth-order valence-electron chi connectivity index (χ4n) is 1.83. The summed E-state index contributed by atoms with van der Waals surface area (Å²) in [6, 6.07) is -2.18. The van der Waals surface area contributed by atoms with Gasteiger partial charge in [-0.1, -0.05) is 0 Å². The lowest BCUT2D eigenvalue weighted by atomic mass is 10.2. The van der Waals surface area contributed by atoms with Crippen LogP contribution in [-0.4, -0.2) is 40.5 Å². The Labute approximate surface area is 97.8 Å². The summed E-state index contributed by atoms with van der Waals surface area (Å²) >= 11 is 0. The van der Waals surface area contributed by atoms with E-state index in [-0.39, 0.29) is 6.54 Å². The molecule has 9 heteroatoms. The minimum absolute atomic E-state index is 0.254. The van der Waals surface area contributed by atoms with E-state index in [2.05, 4.69) is 0 Å². The number of hydrogen-bond acceptors (Lipinski definition) is 5. The molecule has 0 saturated carbocycles. The fourth-order valence-corrected chi connectivity index (χ4v) is 2.41. The van der Waals surface area contributed by atoms with Gasteiger partial charge in [0.2, 0.25) is 5.91 Å². The van der Waals surface area contributed by atoms with E-state index in [9.17, 15) is 23.9 Å². The van der Waals surface area contributed by atoms with Gasteiger partial charge in [0.15, 0.2) is 0 Å². The standard InChI is InChI=1S/C8H15N2O6P/c1-5(9-17(14,15)16)7(11)10-4-2-3-6(10)8(12)13/h5-6H,2-4H2,1H3,(H,12,13)(H3,9,14,15,16)/p-2/t5-,6-/m0/s1. The van der Waals surface area contributed by atoms with E-state index >= 15 is 0 Å². The van der Waals surface area contributed by atoms with Gasteiger partial charge >= 0.3 is 5.97 Å². The molecule has 1 saturated heterocycles. The molecule has 0 bridgehead atoms. The number of carboxylic acids is 1. The van der Waals surface area contributed by atoms with E-state index in [1.165, 1.54) is 6.92 Å². The lowest BCUT2D eigenvalue weighted by molar-refractivity contribution is -0.318. The molecule has 1 rings (SSSR count). The normalized spacial score (nSPS) is 22.5. The van der Waals surface area contributed by atoms with Crippen molar-refractivity contribution in [3.05, 3.63) is 0 Å². The molecular weight excluding hydrogens is 251 g/mol. The highest BCUT2D eigenvalue weighted by Gasteiger charge is 2.35. The quantitative estimate of drug-likeness (QED) is 0.554. The molecule has 1 fully saturated rings. The molecule has 1 heterocycles. The maximum atomic E-state index is 11.7. The van der Waals surface area contributed by atoms with Gasteiger partial charge in [0.1, 0.15) is 6.04 Å². The van der Waals surface area contributed by atoms with Crippen molar-refractivity contribution in [3.8, 4) is 0 Å². The highest BCUT2D eigenvalue weighted by atomic mass is 31.2. The number of nitrogens with zero attached hydrogens (tertiary/aromatic N) is 1. The van der Waals surface area contributed by atoms with Gasteiger partial charge in [0.05, 0.1) is 6.04 Å². The van der Waals surface area contributed by atoms with Crippen LogP contribution in [0.15, 0.2) is 0 Å². The number of aliphatic carboxylic acids is 1. The van der Waals surface area contributed by atoms with Crippen molar-refractivity contribution < 1.29 is 29.0 Å². The molecular formula is C8H13N2O6P-2. The van der Waals surface area contributed by atoms with Crippen molar-refractivity contribution in [3.63, 3.8) is 0 Å². The first-order valence-electron chi connectivity index (χ1n) is 5.05. The average Bonchev–Trinajstić information content (AvgIpc) is 2.61.